The molecule has 0 bridgehead atoms. The van der Waals surface area contributed by atoms with Crippen LogP contribution in [0.5, 0.6) is 0 Å². The van der Waals surface area contributed by atoms with Gasteiger partial charge in [0.1, 0.15) is 10.8 Å². The van der Waals surface area contributed by atoms with E-state index in [1.165, 1.54) is 0 Å². The lowest BCUT2D eigenvalue weighted by Gasteiger charge is -2.26. The molecule has 0 spiro atoms. The van der Waals surface area contributed by atoms with E-state index in [0.717, 1.165) is 6.54 Å². The second-order valence-corrected chi connectivity index (χ2v) is 5.14. The first-order valence-electron chi connectivity index (χ1n) is 6.27. The lowest BCUT2D eigenvalue weighted by molar-refractivity contribution is 0.124. The van der Waals surface area contributed by atoms with Crippen LogP contribution in [0.1, 0.15) is 25.0 Å². The quantitative estimate of drug-likeness (QED) is 0.780. The van der Waals surface area contributed by atoms with Crippen molar-refractivity contribution in [3.8, 4) is 0 Å². The van der Waals surface area contributed by atoms with Crippen LogP contribution in [0.3, 0.4) is 0 Å². The first-order chi connectivity index (χ1) is 8.97. The standard InChI is InChI=1S/C14H21FN2OS/c1-10(2)17(7-8-18-3)9-11-5-4-6-12(13(11)15)14(16)19/h4-6,10H,7-9H2,1-3H3,(H2,16,19). The predicted octanol–water partition coefficient (Wildman–Crippen LogP) is 2.32. The van der Waals surface area contributed by atoms with Gasteiger partial charge < -0.3 is 10.5 Å². The summed E-state index contributed by atoms with van der Waals surface area (Å²) in [5.41, 5.74) is 6.43. The van der Waals surface area contributed by atoms with Gasteiger partial charge in [-0.2, -0.15) is 0 Å². The van der Waals surface area contributed by atoms with Crippen LogP contribution in [0.15, 0.2) is 18.2 Å². The van der Waals surface area contributed by atoms with Crippen LogP contribution in [0.4, 0.5) is 4.39 Å². The van der Waals surface area contributed by atoms with Crippen molar-refractivity contribution in [3.63, 3.8) is 0 Å². The van der Waals surface area contributed by atoms with Gasteiger partial charge >= 0.3 is 0 Å². The van der Waals surface area contributed by atoms with Crippen LogP contribution >= 0.6 is 12.2 Å². The number of ether oxygens (including phenoxy) is 1. The Morgan fingerprint density at radius 3 is 2.68 bits per heavy atom. The molecule has 2 N–H and O–H groups in total. The average molecular weight is 284 g/mol. The van der Waals surface area contributed by atoms with E-state index in [0.29, 0.717) is 30.3 Å². The highest BCUT2D eigenvalue weighted by molar-refractivity contribution is 7.80. The molecular formula is C14H21FN2OS. The Hall–Kier alpha value is -1.04. The summed E-state index contributed by atoms with van der Waals surface area (Å²) >= 11 is 4.85. The Labute approximate surface area is 119 Å². The summed E-state index contributed by atoms with van der Waals surface area (Å²) in [6.45, 7) is 6.04. The summed E-state index contributed by atoms with van der Waals surface area (Å²) in [4.78, 5) is 2.23. The summed E-state index contributed by atoms with van der Waals surface area (Å²) in [5.74, 6) is -0.321. The lowest BCUT2D eigenvalue weighted by atomic mass is 10.1. The normalized spacial score (nSPS) is 11.3. The average Bonchev–Trinajstić information content (AvgIpc) is 2.35. The highest BCUT2D eigenvalue weighted by atomic mass is 32.1. The molecule has 0 saturated heterocycles. The predicted molar refractivity (Wildman–Crippen MR) is 79.7 cm³/mol. The van der Waals surface area contributed by atoms with Crippen molar-refractivity contribution in [2.45, 2.75) is 26.4 Å². The third-order valence-electron chi connectivity index (χ3n) is 3.03. The van der Waals surface area contributed by atoms with E-state index in [-0.39, 0.29) is 10.8 Å². The molecule has 0 aliphatic heterocycles. The lowest BCUT2D eigenvalue weighted by Crippen LogP contribution is -2.33. The van der Waals surface area contributed by atoms with Gasteiger partial charge in [0.05, 0.1) is 6.61 Å². The fourth-order valence-corrected chi connectivity index (χ4v) is 2.00. The summed E-state index contributed by atoms with van der Waals surface area (Å²) < 4.78 is 19.3. The number of hydrogen-bond acceptors (Lipinski definition) is 3. The van der Waals surface area contributed by atoms with Crippen molar-refractivity contribution in [3.05, 3.63) is 35.1 Å². The van der Waals surface area contributed by atoms with Gasteiger partial charge in [-0.3, -0.25) is 4.90 Å². The molecule has 0 atom stereocenters. The third-order valence-corrected chi connectivity index (χ3v) is 3.25. The van der Waals surface area contributed by atoms with Gasteiger partial charge in [-0.1, -0.05) is 24.4 Å². The van der Waals surface area contributed by atoms with Crippen LogP contribution in [-0.4, -0.2) is 36.2 Å². The number of benzene rings is 1. The Kier molecular flexibility index (Phi) is 6.34. The van der Waals surface area contributed by atoms with Gasteiger partial charge in [-0.25, -0.2) is 4.39 Å². The maximum atomic E-state index is 14.2. The summed E-state index contributed by atoms with van der Waals surface area (Å²) in [6.07, 6.45) is 0. The summed E-state index contributed by atoms with van der Waals surface area (Å²) in [6, 6.07) is 5.46. The topological polar surface area (TPSA) is 38.5 Å². The number of methoxy groups -OCH3 is 1. The highest BCUT2D eigenvalue weighted by Crippen LogP contribution is 2.16. The molecule has 0 aliphatic rings. The van der Waals surface area contributed by atoms with Gasteiger partial charge in [0.2, 0.25) is 0 Å². The van der Waals surface area contributed by atoms with E-state index in [1.807, 2.05) is 0 Å². The zero-order valence-electron chi connectivity index (χ0n) is 11.6. The molecule has 1 aromatic rings. The van der Waals surface area contributed by atoms with Crippen LogP contribution in [0, 0.1) is 5.82 Å². The second kappa shape index (κ2) is 7.53. The molecule has 0 unspecified atom stereocenters. The van der Waals surface area contributed by atoms with E-state index >= 15 is 0 Å². The van der Waals surface area contributed by atoms with Crippen LogP contribution < -0.4 is 5.73 Å². The molecule has 5 heteroatoms. The Bertz CT molecular complexity index is 437. The number of nitrogens with two attached hydrogens (primary N) is 1. The van der Waals surface area contributed by atoms with Gasteiger partial charge in [0.15, 0.2) is 0 Å². The highest BCUT2D eigenvalue weighted by Gasteiger charge is 2.15. The minimum absolute atomic E-state index is 0.0901. The zero-order valence-corrected chi connectivity index (χ0v) is 12.5. The van der Waals surface area contributed by atoms with Crippen LogP contribution in [-0.2, 0) is 11.3 Å². The molecule has 1 aromatic carbocycles. The van der Waals surface area contributed by atoms with E-state index in [1.54, 1.807) is 25.3 Å². The van der Waals surface area contributed by atoms with E-state index in [9.17, 15) is 4.39 Å². The van der Waals surface area contributed by atoms with Crippen molar-refractivity contribution in [1.29, 1.82) is 0 Å². The monoisotopic (exact) mass is 284 g/mol. The van der Waals surface area contributed by atoms with Gasteiger partial charge in [0, 0.05) is 37.4 Å². The van der Waals surface area contributed by atoms with Gasteiger partial charge in [0.25, 0.3) is 0 Å². The van der Waals surface area contributed by atoms with Gasteiger partial charge in [-0.05, 0) is 19.9 Å². The fourth-order valence-electron chi connectivity index (χ4n) is 1.84. The van der Waals surface area contributed by atoms with Crippen molar-refractivity contribution < 1.29 is 9.13 Å². The molecule has 0 radical (unpaired) electrons. The molecule has 0 heterocycles. The van der Waals surface area contributed by atoms with Crippen molar-refractivity contribution in [2.24, 2.45) is 5.73 Å². The molecule has 0 fully saturated rings. The van der Waals surface area contributed by atoms with Crippen LogP contribution in [0.2, 0.25) is 0 Å². The molecule has 0 aromatic heterocycles. The van der Waals surface area contributed by atoms with E-state index < -0.39 is 0 Å². The number of hydrogen-bond donors (Lipinski definition) is 1. The number of nitrogens with zero attached hydrogens (tertiary/aromatic N) is 1. The number of halogens is 1. The van der Waals surface area contributed by atoms with E-state index in [4.69, 9.17) is 22.7 Å². The molecular weight excluding hydrogens is 263 g/mol. The summed E-state index contributed by atoms with van der Waals surface area (Å²) in [5, 5.41) is 0. The summed E-state index contributed by atoms with van der Waals surface area (Å²) in [7, 11) is 1.66. The molecule has 19 heavy (non-hydrogen) atoms. The maximum absolute atomic E-state index is 14.2. The SMILES string of the molecule is COCCN(Cc1cccc(C(N)=S)c1F)C(C)C. The van der Waals surface area contributed by atoms with Crippen molar-refractivity contribution in [1.82, 2.24) is 4.90 Å². The second-order valence-electron chi connectivity index (χ2n) is 4.70. The van der Waals surface area contributed by atoms with Crippen molar-refractivity contribution in [2.75, 3.05) is 20.3 Å². The minimum Gasteiger partial charge on any atom is -0.389 e. The number of thiocarbonyl (C=S) groups is 1. The molecule has 1 rings (SSSR count). The smallest absolute Gasteiger partial charge is 0.137 e. The molecule has 0 amide bonds. The number of rotatable bonds is 7. The first-order valence-corrected chi connectivity index (χ1v) is 6.68. The molecule has 106 valence electrons. The first kappa shape index (κ1) is 16.0. The largest absolute Gasteiger partial charge is 0.389 e. The Morgan fingerprint density at radius 1 is 1.47 bits per heavy atom. The Balaban J connectivity index is 2.90. The third kappa shape index (κ3) is 4.53. The minimum atomic E-state index is -0.321. The van der Waals surface area contributed by atoms with E-state index in [2.05, 4.69) is 18.7 Å². The Morgan fingerprint density at radius 2 is 2.16 bits per heavy atom. The van der Waals surface area contributed by atoms with Gasteiger partial charge in [-0.15, -0.1) is 0 Å². The van der Waals surface area contributed by atoms with Crippen LogP contribution in [0.25, 0.3) is 0 Å². The molecule has 0 saturated carbocycles. The zero-order chi connectivity index (χ0) is 14.4. The molecule has 3 nitrogen and oxygen atoms in total. The maximum Gasteiger partial charge on any atom is 0.137 e. The van der Waals surface area contributed by atoms with Crippen molar-refractivity contribution >= 4 is 17.2 Å². The molecule has 0 aliphatic carbocycles. The fraction of sp³-hybridized carbons (Fsp3) is 0.500.